The molecule has 1 N–H and O–H groups in total. The summed E-state index contributed by atoms with van der Waals surface area (Å²) in [6, 6.07) is 0. The van der Waals surface area contributed by atoms with Crippen LogP contribution < -0.4 is 0 Å². The highest BCUT2D eigenvalue weighted by atomic mass is 16.5. The molecule has 18 heavy (non-hydrogen) atoms. The third kappa shape index (κ3) is 4.80. The van der Waals surface area contributed by atoms with E-state index in [1.165, 1.54) is 0 Å². The summed E-state index contributed by atoms with van der Waals surface area (Å²) in [5.74, 6) is 0.354. The highest BCUT2D eigenvalue weighted by Gasteiger charge is 2.15. The molecule has 0 atom stereocenters. The molecule has 0 amide bonds. The van der Waals surface area contributed by atoms with Crippen LogP contribution in [0.4, 0.5) is 0 Å². The number of rotatable bonds is 8. The standard InChI is InChI=1S/C11H19N3O4/c1-8(2)11-12-9(18-13-11)6-14(4-5-17-3)7-10(15)16/h8H,4-7H2,1-3H3,(H,15,16). The van der Waals surface area contributed by atoms with E-state index in [-0.39, 0.29) is 12.5 Å². The fourth-order valence-electron chi connectivity index (χ4n) is 1.38. The lowest BCUT2D eigenvalue weighted by atomic mass is 10.2. The van der Waals surface area contributed by atoms with Gasteiger partial charge in [-0.1, -0.05) is 19.0 Å². The van der Waals surface area contributed by atoms with Crippen molar-refractivity contribution in [1.29, 1.82) is 0 Å². The van der Waals surface area contributed by atoms with Crippen LogP contribution in [0.25, 0.3) is 0 Å². The molecule has 7 nitrogen and oxygen atoms in total. The maximum Gasteiger partial charge on any atom is 0.317 e. The first kappa shape index (κ1) is 14.6. The zero-order valence-corrected chi connectivity index (χ0v) is 10.9. The van der Waals surface area contributed by atoms with Gasteiger partial charge >= 0.3 is 5.97 Å². The molecular formula is C11H19N3O4. The number of nitrogens with zero attached hydrogens (tertiary/aromatic N) is 3. The zero-order valence-electron chi connectivity index (χ0n) is 10.9. The Bertz CT molecular complexity index is 378. The number of aliphatic carboxylic acids is 1. The molecule has 0 aliphatic carbocycles. The monoisotopic (exact) mass is 257 g/mol. The van der Waals surface area contributed by atoms with Crippen LogP contribution in [0.2, 0.25) is 0 Å². The Labute approximate surface area is 106 Å². The van der Waals surface area contributed by atoms with Gasteiger partial charge in [-0.3, -0.25) is 9.69 Å². The van der Waals surface area contributed by atoms with Gasteiger partial charge in [0.05, 0.1) is 19.7 Å². The van der Waals surface area contributed by atoms with E-state index in [2.05, 4.69) is 10.1 Å². The minimum Gasteiger partial charge on any atom is -0.480 e. The number of methoxy groups -OCH3 is 1. The molecule has 0 fully saturated rings. The van der Waals surface area contributed by atoms with Crippen molar-refractivity contribution in [3.05, 3.63) is 11.7 Å². The number of ether oxygens (including phenoxy) is 1. The molecule has 0 unspecified atom stereocenters. The zero-order chi connectivity index (χ0) is 13.5. The summed E-state index contributed by atoms with van der Waals surface area (Å²) in [5, 5.41) is 12.6. The lowest BCUT2D eigenvalue weighted by Crippen LogP contribution is -2.32. The summed E-state index contributed by atoms with van der Waals surface area (Å²) >= 11 is 0. The molecule has 1 aromatic rings. The minimum atomic E-state index is -0.894. The number of hydrogen-bond acceptors (Lipinski definition) is 6. The van der Waals surface area contributed by atoms with Gasteiger partial charge in [0.25, 0.3) is 0 Å². The molecule has 0 saturated heterocycles. The molecule has 1 aromatic heterocycles. The quantitative estimate of drug-likeness (QED) is 0.734. The van der Waals surface area contributed by atoms with Crippen LogP contribution in [-0.4, -0.2) is 52.9 Å². The van der Waals surface area contributed by atoms with Crippen molar-refractivity contribution in [3.63, 3.8) is 0 Å². The molecule has 0 aliphatic rings. The number of carboxylic acids is 1. The minimum absolute atomic E-state index is 0.0806. The first-order valence-electron chi connectivity index (χ1n) is 5.78. The second-order valence-electron chi connectivity index (χ2n) is 4.30. The highest BCUT2D eigenvalue weighted by molar-refractivity contribution is 5.69. The number of aromatic nitrogens is 2. The van der Waals surface area contributed by atoms with Gasteiger partial charge < -0.3 is 14.4 Å². The fourth-order valence-corrected chi connectivity index (χ4v) is 1.38. The number of carbonyl (C=O) groups is 1. The third-order valence-electron chi connectivity index (χ3n) is 2.33. The van der Waals surface area contributed by atoms with Gasteiger partial charge in [0.2, 0.25) is 5.89 Å². The van der Waals surface area contributed by atoms with Gasteiger partial charge in [0.15, 0.2) is 5.82 Å². The van der Waals surface area contributed by atoms with Gasteiger partial charge in [0.1, 0.15) is 0 Å². The topological polar surface area (TPSA) is 88.7 Å². The van der Waals surface area contributed by atoms with Crippen LogP contribution in [0.3, 0.4) is 0 Å². The van der Waals surface area contributed by atoms with Crippen LogP contribution in [0, 0.1) is 0 Å². The molecule has 7 heteroatoms. The molecule has 1 heterocycles. The average molecular weight is 257 g/mol. The van der Waals surface area contributed by atoms with Crippen LogP contribution in [-0.2, 0) is 16.1 Å². The molecule has 102 valence electrons. The third-order valence-corrected chi connectivity index (χ3v) is 2.33. The maximum absolute atomic E-state index is 10.7. The average Bonchev–Trinajstić information content (AvgIpc) is 2.73. The Balaban J connectivity index is 2.59. The van der Waals surface area contributed by atoms with Crippen molar-refractivity contribution in [1.82, 2.24) is 15.0 Å². The summed E-state index contributed by atoms with van der Waals surface area (Å²) in [7, 11) is 1.57. The Morgan fingerprint density at radius 3 is 2.78 bits per heavy atom. The summed E-state index contributed by atoms with van der Waals surface area (Å²) in [4.78, 5) is 16.6. The molecular weight excluding hydrogens is 238 g/mol. The molecule has 0 radical (unpaired) electrons. The van der Waals surface area contributed by atoms with Crippen molar-refractivity contribution >= 4 is 5.97 Å². The molecule has 0 aromatic carbocycles. The van der Waals surface area contributed by atoms with Crippen molar-refractivity contribution in [2.24, 2.45) is 0 Å². The highest BCUT2D eigenvalue weighted by Crippen LogP contribution is 2.10. The van der Waals surface area contributed by atoms with Crippen molar-refractivity contribution in [2.75, 3.05) is 26.8 Å². The van der Waals surface area contributed by atoms with E-state index in [0.717, 1.165) is 0 Å². The van der Waals surface area contributed by atoms with E-state index < -0.39 is 5.97 Å². The van der Waals surface area contributed by atoms with Gasteiger partial charge in [-0.25, -0.2) is 0 Å². The first-order chi connectivity index (χ1) is 8.52. The van der Waals surface area contributed by atoms with Crippen LogP contribution in [0.15, 0.2) is 4.52 Å². The SMILES string of the molecule is COCCN(CC(=O)O)Cc1nc(C(C)C)no1. The van der Waals surface area contributed by atoms with E-state index in [4.69, 9.17) is 14.4 Å². The lowest BCUT2D eigenvalue weighted by Gasteiger charge is -2.17. The van der Waals surface area contributed by atoms with Crippen LogP contribution in [0.5, 0.6) is 0 Å². The van der Waals surface area contributed by atoms with Crippen molar-refractivity contribution in [2.45, 2.75) is 26.3 Å². The van der Waals surface area contributed by atoms with Crippen molar-refractivity contribution in [3.8, 4) is 0 Å². The van der Waals surface area contributed by atoms with Gasteiger partial charge in [0, 0.05) is 19.6 Å². The van der Waals surface area contributed by atoms with E-state index in [1.54, 1.807) is 12.0 Å². The van der Waals surface area contributed by atoms with E-state index in [1.807, 2.05) is 13.8 Å². The molecule has 1 rings (SSSR count). The van der Waals surface area contributed by atoms with Crippen LogP contribution in [0.1, 0.15) is 31.5 Å². The predicted octanol–water partition coefficient (Wildman–Crippen LogP) is 0.726. The number of hydrogen-bond donors (Lipinski definition) is 1. The largest absolute Gasteiger partial charge is 0.480 e. The van der Waals surface area contributed by atoms with E-state index in [0.29, 0.717) is 31.4 Å². The lowest BCUT2D eigenvalue weighted by molar-refractivity contribution is -0.138. The van der Waals surface area contributed by atoms with Gasteiger partial charge in [-0.05, 0) is 0 Å². The normalized spacial score (nSPS) is 11.4. The first-order valence-corrected chi connectivity index (χ1v) is 5.78. The summed E-state index contributed by atoms with van der Waals surface area (Å²) in [6.45, 7) is 5.13. The Kier molecular flexibility index (Phi) is 5.73. The molecule has 0 aliphatic heterocycles. The van der Waals surface area contributed by atoms with Crippen molar-refractivity contribution < 1.29 is 19.2 Å². The van der Waals surface area contributed by atoms with Gasteiger partial charge in [-0.15, -0.1) is 0 Å². The summed E-state index contributed by atoms with van der Waals surface area (Å²) in [5.41, 5.74) is 0. The van der Waals surface area contributed by atoms with Gasteiger partial charge in [-0.2, -0.15) is 4.98 Å². The molecule has 0 bridgehead atoms. The fraction of sp³-hybridized carbons (Fsp3) is 0.727. The Morgan fingerprint density at radius 1 is 1.56 bits per heavy atom. The maximum atomic E-state index is 10.7. The summed E-state index contributed by atoms with van der Waals surface area (Å²) in [6.07, 6.45) is 0. The predicted molar refractivity (Wildman–Crippen MR) is 63.2 cm³/mol. The smallest absolute Gasteiger partial charge is 0.317 e. The van der Waals surface area contributed by atoms with E-state index >= 15 is 0 Å². The number of carboxylic acid groups (broad SMARTS) is 1. The Morgan fingerprint density at radius 2 is 2.28 bits per heavy atom. The van der Waals surface area contributed by atoms with Crippen LogP contribution >= 0.6 is 0 Å². The molecule has 0 saturated carbocycles. The second kappa shape index (κ2) is 7.07. The summed E-state index contributed by atoms with van der Waals surface area (Å²) < 4.78 is 10.0. The molecule has 0 spiro atoms. The van der Waals surface area contributed by atoms with E-state index in [9.17, 15) is 4.79 Å². The second-order valence-corrected chi connectivity index (χ2v) is 4.30. The Hall–Kier alpha value is -1.47.